The molecule has 1 aromatic carbocycles. The van der Waals surface area contributed by atoms with Gasteiger partial charge in [-0.3, -0.25) is 0 Å². The predicted octanol–water partition coefficient (Wildman–Crippen LogP) is 5.77. The Morgan fingerprint density at radius 3 is 2.59 bits per heavy atom. The highest BCUT2D eigenvalue weighted by molar-refractivity contribution is 5.56. The van der Waals surface area contributed by atoms with Crippen molar-refractivity contribution in [1.82, 2.24) is 0 Å². The fourth-order valence-electron chi connectivity index (χ4n) is 3.85. The summed E-state index contributed by atoms with van der Waals surface area (Å²) in [5.41, 5.74) is 4.14. The number of hydrogen-bond donors (Lipinski definition) is 2. The first kappa shape index (κ1) is 16.9. The van der Waals surface area contributed by atoms with Crippen molar-refractivity contribution in [1.29, 1.82) is 0 Å². The summed E-state index contributed by atoms with van der Waals surface area (Å²) in [6, 6.07) is 1.71. The lowest BCUT2D eigenvalue weighted by Crippen LogP contribution is -2.19. The van der Waals surface area contributed by atoms with Gasteiger partial charge in [0.05, 0.1) is 0 Å². The summed E-state index contributed by atoms with van der Waals surface area (Å²) in [6.45, 7) is 10.6. The van der Waals surface area contributed by atoms with Crippen molar-refractivity contribution in [3.8, 4) is 11.5 Å². The molecular formula is C20H30O2. The highest BCUT2D eigenvalue weighted by Gasteiger charge is 2.33. The van der Waals surface area contributed by atoms with Crippen LogP contribution in [0.5, 0.6) is 11.5 Å². The minimum absolute atomic E-state index is 0.322. The standard InChI is InChI=1S/C20H30O2/c1-12(2)7-6-8-13(3)16-10-9-14(4)18-17(21)11-15(5)20(22)19(16)18/h7,11,13-14,16,21-22H,6,8-10H2,1-5H3. The molecule has 0 saturated heterocycles. The van der Waals surface area contributed by atoms with Crippen LogP contribution in [-0.4, -0.2) is 10.2 Å². The Bertz CT molecular complexity index is 568. The van der Waals surface area contributed by atoms with E-state index in [1.807, 2.05) is 6.92 Å². The Hall–Kier alpha value is -1.44. The lowest BCUT2D eigenvalue weighted by molar-refractivity contribution is 0.343. The number of allylic oxidation sites excluding steroid dienone is 2. The van der Waals surface area contributed by atoms with E-state index < -0.39 is 0 Å². The maximum Gasteiger partial charge on any atom is 0.122 e. The molecule has 0 heterocycles. The molecule has 3 atom stereocenters. The number of aryl methyl sites for hydroxylation is 1. The van der Waals surface area contributed by atoms with Crippen LogP contribution in [0.1, 0.15) is 81.9 Å². The number of rotatable bonds is 4. The summed E-state index contributed by atoms with van der Waals surface area (Å²) in [7, 11) is 0. The van der Waals surface area contributed by atoms with Crippen LogP contribution < -0.4 is 0 Å². The maximum absolute atomic E-state index is 10.6. The van der Waals surface area contributed by atoms with Gasteiger partial charge in [0.2, 0.25) is 0 Å². The highest BCUT2D eigenvalue weighted by Crippen LogP contribution is 2.51. The van der Waals surface area contributed by atoms with Crippen LogP contribution >= 0.6 is 0 Å². The summed E-state index contributed by atoms with van der Waals surface area (Å²) in [4.78, 5) is 0. The van der Waals surface area contributed by atoms with E-state index >= 15 is 0 Å². The molecule has 0 amide bonds. The summed E-state index contributed by atoms with van der Waals surface area (Å²) >= 11 is 0. The first-order valence-corrected chi connectivity index (χ1v) is 8.51. The number of benzene rings is 1. The lowest BCUT2D eigenvalue weighted by atomic mass is 9.70. The van der Waals surface area contributed by atoms with Crippen molar-refractivity contribution >= 4 is 0 Å². The molecule has 2 rings (SSSR count). The molecule has 1 aliphatic rings. The van der Waals surface area contributed by atoms with E-state index in [1.54, 1.807) is 6.07 Å². The average molecular weight is 302 g/mol. The molecule has 0 aromatic heterocycles. The Balaban J connectivity index is 2.34. The van der Waals surface area contributed by atoms with Gasteiger partial charge < -0.3 is 10.2 Å². The Labute approximate surface area is 134 Å². The van der Waals surface area contributed by atoms with Crippen LogP contribution in [0.3, 0.4) is 0 Å². The molecule has 0 fully saturated rings. The SMILES string of the molecule is CC(C)=CCCC(C)C1CCC(C)c2c(O)cc(C)c(O)c21. The van der Waals surface area contributed by atoms with Gasteiger partial charge in [-0.25, -0.2) is 0 Å². The number of phenols is 2. The third-order valence-electron chi connectivity index (χ3n) is 5.18. The molecule has 3 unspecified atom stereocenters. The van der Waals surface area contributed by atoms with Crippen LogP contribution in [-0.2, 0) is 0 Å². The molecule has 1 aromatic rings. The van der Waals surface area contributed by atoms with Crippen molar-refractivity contribution in [3.05, 3.63) is 34.4 Å². The molecule has 0 spiro atoms. The zero-order valence-electron chi connectivity index (χ0n) is 14.6. The molecule has 0 aliphatic heterocycles. The van der Waals surface area contributed by atoms with E-state index in [9.17, 15) is 10.2 Å². The number of aromatic hydroxyl groups is 2. The Morgan fingerprint density at radius 2 is 1.95 bits per heavy atom. The van der Waals surface area contributed by atoms with Crippen molar-refractivity contribution in [2.24, 2.45) is 5.92 Å². The van der Waals surface area contributed by atoms with Crippen molar-refractivity contribution < 1.29 is 10.2 Å². The van der Waals surface area contributed by atoms with Gasteiger partial charge in [-0.2, -0.15) is 0 Å². The third kappa shape index (κ3) is 3.31. The maximum atomic E-state index is 10.6. The van der Waals surface area contributed by atoms with E-state index in [2.05, 4.69) is 33.8 Å². The molecule has 1 aliphatic carbocycles. The molecule has 2 N–H and O–H groups in total. The van der Waals surface area contributed by atoms with Gasteiger partial charge in [0, 0.05) is 11.1 Å². The number of hydrogen-bond acceptors (Lipinski definition) is 2. The van der Waals surface area contributed by atoms with Crippen molar-refractivity contribution in [2.45, 2.75) is 72.1 Å². The molecule has 2 nitrogen and oxygen atoms in total. The summed E-state index contributed by atoms with van der Waals surface area (Å²) < 4.78 is 0. The van der Waals surface area contributed by atoms with E-state index in [0.717, 1.165) is 42.4 Å². The average Bonchev–Trinajstić information content (AvgIpc) is 2.43. The van der Waals surface area contributed by atoms with Crippen LogP contribution in [0.15, 0.2) is 17.7 Å². The van der Waals surface area contributed by atoms with Crippen LogP contribution in [0.2, 0.25) is 0 Å². The second-order valence-corrected chi connectivity index (χ2v) is 7.31. The quantitative estimate of drug-likeness (QED) is 0.547. The molecule has 0 bridgehead atoms. The zero-order valence-corrected chi connectivity index (χ0v) is 14.6. The molecule has 0 saturated carbocycles. The number of fused-ring (bicyclic) bond motifs is 1. The second kappa shape index (κ2) is 6.76. The Kier molecular flexibility index (Phi) is 5.20. The van der Waals surface area contributed by atoms with E-state index in [-0.39, 0.29) is 0 Å². The second-order valence-electron chi connectivity index (χ2n) is 7.31. The number of phenolic OH excluding ortho intramolecular Hbond substituents is 2. The molecule has 2 heteroatoms. The van der Waals surface area contributed by atoms with Gasteiger partial charge in [0.25, 0.3) is 0 Å². The predicted molar refractivity (Wildman–Crippen MR) is 92.7 cm³/mol. The minimum Gasteiger partial charge on any atom is -0.508 e. The molecule has 22 heavy (non-hydrogen) atoms. The smallest absolute Gasteiger partial charge is 0.122 e. The largest absolute Gasteiger partial charge is 0.508 e. The van der Waals surface area contributed by atoms with Gasteiger partial charge in [-0.15, -0.1) is 0 Å². The third-order valence-corrected chi connectivity index (χ3v) is 5.18. The first-order valence-electron chi connectivity index (χ1n) is 8.51. The van der Waals surface area contributed by atoms with Crippen molar-refractivity contribution in [3.63, 3.8) is 0 Å². The zero-order chi connectivity index (χ0) is 16.4. The van der Waals surface area contributed by atoms with Gasteiger partial charge >= 0.3 is 0 Å². The van der Waals surface area contributed by atoms with Crippen LogP contribution in [0.4, 0.5) is 0 Å². The summed E-state index contributed by atoms with van der Waals surface area (Å²) in [5.74, 6) is 1.94. The Morgan fingerprint density at radius 1 is 1.27 bits per heavy atom. The fraction of sp³-hybridized carbons (Fsp3) is 0.600. The topological polar surface area (TPSA) is 40.5 Å². The van der Waals surface area contributed by atoms with Crippen molar-refractivity contribution in [2.75, 3.05) is 0 Å². The van der Waals surface area contributed by atoms with Gasteiger partial charge in [0.1, 0.15) is 11.5 Å². The normalized spacial score (nSPS) is 22.0. The molecule has 122 valence electrons. The van der Waals surface area contributed by atoms with Gasteiger partial charge in [0.15, 0.2) is 0 Å². The van der Waals surface area contributed by atoms with Gasteiger partial charge in [-0.05, 0) is 75.8 Å². The summed E-state index contributed by atoms with van der Waals surface area (Å²) in [5, 5.41) is 21.0. The lowest BCUT2D eigenvalue weighted by Gasteiger charge is -2.35. The van der Waals surface area contributed by atoms with Crippen LogP contribution in [0.25, 0.3) is 0 Å². The summed E-state index contributed by atoms with van der Waals surface area (Å²) in [6.07, 6.45) is 6.68. The highest BCUT2D eigenvalue weighted by atomic mass is 16.3. The minimum atomic E-state index is 0.322. The van der Waals surface area contributed by atoms with E-state index in [4.69, 9.17) is 0 Å². The van der Waals surface area contributed by atoms with E-state index in [1.165, 1.54) is 5.57 Å². The van der Waals surface area contributed by atoms with Crippen LogP contribution in [0, 0.1) is 12.8 Å². The monoisotopic (exact) mass is 302 g/mol. The fourth-order valence-corrected chi connectivity index (χ4v) is 3.85. The first-order chi connectivity index (χ1) is 10.3. The van der Waals surface area contributed by atoms with Gasteiger partial charge in [-0.1, -0.05) is 25.5 Å². The van der Waals surface area contributed by atoms with E-state index in [0.29, 0.717) is 29.3 Å². The molecular weight excluding hydrogens is 272 g/mol. The molecule has 0 radical (unpaired) electrons.